The van der Waals surface area contributed by atoms with E-state index in [-0.39, 0.29) is 17.4 Å². The van der Waals surface area contributed by atoms with E-state index in [1.165, 1.54) is 19.2 Å². The van der Waals surface area contributed by atoms with Gasteiger partial charge < -0.3 is 50.1 Å². The number of nitrogens with zero attached hydrogens (tertiary/aromatic N) is 3. The first kappa shape index (κ1) is 34.4. The summed E-state index contributed by atoms with van der Waals surface area (Å²) in [5.41, 5.74) is 0.611. The van der Waals surface area contributed by atoms with E-state index in [1.54, 1.807) is 13.1 Å². The summed E-state index contributed by atoms with van der Waals surface area (Å²) in [4.78, 5) is 35.6. The van der Waals surface area contributed by atoms with E-state index < -0.39 is 5.97 Å². The SMILES string of the molecule is CNC(=O)CCOCCOCCOCCOCCNc1nc(NCC(C)C)nc(Nc2ccc(C(=O)O)cc2OC)n1. The molecule has 2 aromatic rings. The number of ether oxygens (including phenoxy) is 5. The molecule has 1 aromatic heterocycles. The summed E-state index contributed by atoms with van der Waals surface area (Å²) < 4.78 is 27.2. The van der Waals surface area contributed by atoms with Gasteiger partial charge in [0.05, 0.1) is 71.2 Å². The average molecular weight is 594 g/mol. The van der Waals surface area contributed by atoms with E-state index in [2.05, 4.69) is 50.1 Å². The molecule has 42 heavy (non-hydrogen) atoms. The molecule has 0 atom stereocenters. The Bertz CT molecular complexity index is 1090. The van der Waals surface area contributed by atoms with Crippen molar-refractivity contribution in [2.75, 3.05) is 96.1 Å². The van der Waals surface area contributed by atoms with Crippen molar-refractivity contribution in [3.8, 4) is 5.75 Å². The molecule has 0 fully saturated rings. The number of rotatable bonds is 23. The van der Waals surface area contributed by atoms with Gasteiger partial charge in [-0.3, -0.25) is 4.79 Å². The minimum absolute atomic E-state index is 0.0524. The van der Waals surface area contributed by atoms with Crippen LogP contribution in [0.15, 0.2) is 18.2 Å². The number of carboxylic acids is 1. The van der Waals surface area contributed by atoms with E-state index in [4.69, 9.17) is 23.7 Å². The number of hydrogen-bond acceptors (Lipinski definition) is 13. The fraction of sp³-hybridized carbons (Fsp3) is 0.593. The van der Waals surface area contributed by atoms with Crippen LogP contribution >= 0.6 is 0 Å². The number of amides is 1. The lowest BCUT2D eigenvalue weighted by molar-refractivity contribution is -0.121. The van der Waals surface area contributed by atoms with Crippen LogP contribution in [0.1, 0.15) is 30.6 Å². The number of methoxy groups -OCH3 is 1. The van der Waals surface area contributed by atoms with Crippen LogP contribution in [0.4, 0.5) is 23.5 Å². The minimum Gasteiger partial charge on any atom is -0.495 e. The predicted octanol–water partition coefficient (Wildman–Crippen LogP) is 2.00. The Kier molecular flexibility index (Phi) is 16.5. The summed E-state index contributed by atoms with van der Waals surface area (Å²) in [6.45, 7) is 8.63. The molecule has 5 N–H and O–H groups in total. The molecule has 0 aliphatic heterocycles. The predicted molar refractivity (Wildman–Crippen MR) is 157 cm³/mol. The number of nitrogens with one attached hydrogen (secondary N) is 4. The second kappa shape index (κ2) is 20.1. The van der Waals surface area contributed by atoms with Crippen molar-refractivity contribution in [2.45, 2.75) is 20.3 Å². The molecule has 0 aliphatic rings. The molecule has 0 radical (unpaired) electrons. The highest BCUT2D eigenvalue weighted by Gasteiger charge is 2.13. The van der Waals surface area contributed by atoms with Crippen molar-refractivity contribution in [1.82, 2.24) is 20.3 Å². The molecule has 1 amide bonds. The third-order valence-corrected chi connectivity index (χ3v) is 5.40. The molecule has 0 saturated heterocycles. The highest BCUT2D eigenvalue weighted by molar-refractivity contribution is 5.89. The average Bonchev–Trinajstić information content (AvgIpc) is 2.97. The second-order valence-electron chi connectivity index (χ2n) is 9.23. The van der Waals surface area contributed by atoms with Gasteiger partial charge in [-0.05, 0) is 24.1 Å². The van der Waals surface area contributed by atoms with Crippen LogP contribution in [-0.4, -0.2) is 112 Å². The molecule has 15 nitrogen and oxygen atoms in total. The highest BCUT2D eigenvalue weighted by Crippen LogP contribution is 2.28. The van der Waals surface area contributed by atoms with Crippen LogP contribution in [0.2, 0.25) is 0 Å². The Morgan fingerprint density at radius 3 is 1.98 bits per heavy atom. The largest absolute Gasteiger partial charge is 0.495 e. The maximum atomic E-state index is 11.3. The van der Waals surface area contributed by atoms with E-state index in [9.17, 15) is 14.7 Å². The molecule has 1 heterocycles. The van der Waals surface area contributed by atoms with Crippen LogP contribution in [0.25, 0.3) is 0 Å². The van der Waals surface area contributed by atoms with Crippen molar-refractivity contribution in [3.63, 3.8) is 0 Å². The lowest BCUT2D eigenvalue weighted by Gasteiger charge is -2.14. The number of benzene rings is 1. The summed E-state index contributed by atoms with van der Waals surface area (Å²) in [5, 5.41) is 21.2. The van der Waals surface area contributed by atoms with E-state index in [0.717, 1.165) is 0 Å². The van der Waals surface area contributed by atoms with Gasteiger partial charge in [0, 0.05) is 26.6 Å². The maximum absolute atomic E-state index is 11.3. The van der Waals surface area contributed by atoms with Crippen LogP contribution < -0.4 is 26.0 Å². The summed E-state index contributed by atoms with van der Waals surface area (Å²) in [7, 11) is 3.05. The van der Waals surface area contributed by atoms with Crippen LogP contribution in [0.3, 0.4) is 0 Å². The zero-order valence-electron chi connectivity index (χ0n) is 24.7. The monoisotopic (exact) mass is 593 g/mol. The molecule has 1 aromatic carbocycles. The minimum atomic E-state index is -1.05. The Hall–Kier alpha value is -3.79. The lowest BCUT2D eigenvalue weighted by atomic mass is 10.2. The first-order valence-corrected chi connectivity index (χ1v) is 13.8. The van der Waals surface area contributed by atoms with Gasteiger partial charge in [-0.1, -0.05) is 13.8 Å². The second-order valence-corrected chi connectivity index (χ2v) is 9.23. The normalized spacial score (nSPS) is 10.9. The van der Waals surface area contributed by atoms with Gasteiger partial charge in [-0.15, -0.1) is 0 Å². The number of carboxylic acid groups (broad SMARTS) is 1. The number of aromatic carboxylic acids is 1. The van der Waals surface area contributed by atoms with Crippen LogP contribution in [0.5, 0.6) is 5.75 Å². The maximum Gasteiger partial charge on any atom is 0.335 e. The third kappa shape index (κ3) is 14.2. The summed E-state index contributed by atoms with van der Waals surface area (Å²) in [6.07, 6.45) is 0.335. The third-order valence-electron chi connectivity index (χ3n) is 5.40. The van der Waals surface area contributed by atoms with Gasteiger partial charge >= 0.3 is 5.97 Å². The van der Waals surface area contributed by atoms with Crippen LogP contribution in [-0.2, 0) is 23.7 Å². The first-order chi connectivity index (χ1) is 20.3. The first-order valence-electron chi connectivity index (χ1n) is 13.8. The fourth-order valence-electron chi connectivity index (χ4n) is 3.22. The van der Waals surface area contributed by atoms with Gasteiger partial charge in [0.1, 0.15) is 5.75 Å². The fourth-order valence-corrected chi connectivity index (χ4v) is 3.22. The van der Waals surface area contributed by atoms with E-state index in [0.29, 0.717) is 102 Å². The molecule has 0 aliphatic carbocycles. The number of anilines is 4. The standard InChI is InChI=1S/C27H43N7O8/c1-19(2)18-30-26-32-25(33-27(34-26)31-21-6-5-20(24(36)37)17-22(21)38-4)29-8-10-40-12-14-42-16-15-41-13-11-39-9-7-23(35)28-3/h5-6,17,19H,7-16,18H2,1-4H3,(H,28,35)(H,36,37)(H3,29,30,31,32,33,34). The van der Waals surface area contributed by atoms with Crippen LogP contribution in [0, 0.1) is 5.92 Å². The molecular formula is C27H43N7O8. The van der Waals surface area contributed by atoms with Crippen molar-refractivity contribution in [2.24, 2.45) is 5.92 Å². The Morgan fingerprint density at radius 1 is 0.833 bits per heavy atom. The number of carbonyl (C=O) groups excluding carboxylic acids is 1. The van der Waals surface area contributed by atoms with E-state index in [1.807, 2.05) is 0 Å². The summed E-state index contributed by atoms with van der Waals surface area (Å²) >= 11 is 0. The molecule has 0 unspecified atom stereocenters. The quantitative estimate of drug-likeness (QED) is 0.118. The molecular weight excluding hydrogens is 550 g/mol. The Labute approximate surface area is 246 Å². The van der Waals surface area contributed by atoms with E-state index >= 15 is 0 Å². The molecule has 15 heteroatoms. The van der Waals surface area contributed by atoms with Crippen molar-refractivity contribution >= 4 is 35.4 Å². The van der Waals surface area contributed by atoms with Crippen molar-refractivity contribution in [1.29, 1.82) is 0 Å². The number of hydrogen-bond donors (Lipinski definition) is 5. The zero-order chi connectivity index (χ0) is 30.6. The molecule has 0 saturated carbocycles. The van der Waals surface area contributed by atoms with Crippen molar-refractivity contribution < 1.29 is 38.4 Å². The highest BCUT2D eigenvalue weighted by atomic mass is 16.6. The summed E-state index contributed by atoms with van der Waals surface area (Å²) in [5.74, 6) is 0.596. The van der Waals surface area contributed by atoms with Crippen molar-refractivity contribution in [3.05, 3.63) is 23.8 Å². The molecule has 2 rings (SSSR count). The van der Waals surface area contributed by atoms with Gasteiger partial charge in [0.15, 0.2) is 0 Å². The Balaban J connectivity index is 1.72. The van der Waals surface area contributed by atoms with Gasteiger partial charge in [0.2, 0.25) is 23.8 Å². The number of carbonyl (C=O) groups is 2. The summed E-state index contributed by atoms with van der Waals surface area (Å²) in [6, 6.07) is 4.48. The number of aromatic nitrogens is 3. The topological polar surface area (TPSA) is 187 Å². The molecule has 234 valence electrons. The van der Waals surface area contributed by atoms with Gasteiger partial charge in [0.25, 0.3) is 0 Å². The molecule has 0 bridgehead atoms. The molecule has 0 spiro atoms. The lowest BCUT2D eigenvalue weighted by Crippen LogP contribution is -2.20. The van der Waals surface area contributed by atoms with Gasteiger partial charge in [-0.25, -0.2) is 4.79 Å². The van der Waals surface area contributed by atoms with Gasteiger partial charge in [-0.2, -0.15) is 15.0 Å². The Morgan fingerprint density at radius 2 is 1.40 bits per heavy atom. The smallest absolute Gasteiger partial charge is 0.335 e. The zero-order valence-corrected chi connectivity index (χ0v) is 24.7.